The summed E-state index contributed by atoms with van der Waals surface area (Å²) in [6.45, 7) is -0.409. The largest absolute Gasteiger partial charge is 0.350 e. The van der Waals surface area contributed by atoms with Crippen LogP contribution in [0.2, 0.25) is 0 Å². The molecule has 0 atom stereocenters. The van der Waals surface area contributed by atoms with Gasteiger partial charge in [-0.1, -0.05) is 18.2 Å². The predicted octanol–water partition coefficient (Wildman–Crippen LogP) is 2.70. The second-order valence-corrected chi connectivity index (χ2v) is 3.07. The lowest BCUT2D eigenvalue weighted by Crippen LogP contribution is -1.82. The summed E-state index contributed by atoms with van der Waals surface area (Å²) >= 11 is 0. The van der Waals surface area contributed by atoms with Gasteiger partial charge in [-0.3, -0.25) is 4.39 Å². The summed E-state index contributed by atoms with van der Waals surface area (Å²) in [6.07, 6.45) is 3.55. The lowest BCUT2D eigenvalue weighted by Gasteiger charge is -1.93. The van der Waals surface area contributed by atoms with Gasteiger partial charge in [0.1, 0.15) is 0 Å². The highest BCUT2D eigenvalue weighted by molar-refractivity contribution is 5.85. The van der Waals surface area contributed by atoms with Gasteiger partial charge in [-0.25, -0.2) is 0 Å². The molecule has 0 aliphatic heterocycles. The van der Waals surface area contributed by atoms with E-state index in [1.54, 1.807) is 6.42 Å². The van der Waals surface area contributed by atoms with Crippen LogP contribution >= 0.6 is 0 Å². The van der Waals surface area contributed by atoms with Gasteiger partial charge in [-0.2, -0.15) is 0 Å². The SMILES string of the molecule is Cn1cc([CH]CF)c2ccccc21. The van der Waals surface area contributed by atoms with Crippen LogP contribution in [0.25, 0.3) is 10.9 Å². The molecule has 0 aliphatic rings. The van der Waals surface area contributed by atoms with Crippen LogP contribution in [-0.4, -0.2) is 11.2 Å². The van der Waals surface area contributed by atoms with Gasteiger partial charge in [0.25, 0.3) is 0 Å². The fraction of sp³-hybridized carbons (Fsp3) is 0.182. The summed E-state index contributed by atoms with van der Waals surface area (Å²) < 4.78 is 14.2. The van der Waals surface area contributed by atoms with Crippen LogP contribution in [0.4, 0.5) is 4.39 Å². The van der Waals surface area contributed by atoms with Crippen LogP contribution in [0.5, 0.6) is 0 Å². The first-order chi connectivity index (χ1) is 6.33. The number of hydrogen-bond donors (Lipinski definition) is 0. The molecule has 13 heavy (non-hydrogen) atoms. The van der Waals surface area contributed by atoms with Gasteiger partial charge in [-0.05, 0) is 11.6 Å². The number of fused-ring (bicyclic) bond motifs is 1. The smallest absolute Gasteiger partial charge is 0.0970 e. The number of hydrogen-bond acceptors (Lipinski definition) is 0. The number of benzene rings is 1. The van der Waals surface area contributed by atoms with Crippen molar-refractivity contribution in [3.05, 3.63) is 42.4 Å². The van der Waals surface area contributed by atoms with Gasteiger partial charge in [0.2, 0.25) is 0 Å². The van der Waals surface area contributed by atoms with Crippen LogP contribution in [0.1, 0.15) is 5.56 Å². The van der Waals surface area contributed by atoms with E-state index < -0.39 is 6.67 Å². The first-order valence-corrected chi connectivity index (χ1v) is 4.26. The van der Waals surface area contributed by atoms with E-state index in [4.69, 9.17) is 0 Å². The van der Waals surface area contributed by atoms with Gasteiger partial charge in [0, 0.05) is 30.6 Å². The van der Waals surface area contributed by atoms with E-state index in [1.807, 2.05) is 42.1 Å². The summed E-state index contributed by atoms with van der Waals surface area (Å²) in [5.41, 5.74) is 2.11. The lowest BCUT2D eigenvalue weighted by atomic mass is 10.1. The van der Waals surface area contributed by atoms with E-state index >= 15 is 0 Å². The summed E-state index contributed by atoms with van der Waals surface area (Å²) in [7, 11) is 1.97. The standard InChI is InChI=1S/C11H11FN/c1-13-8-9(6-7-12)10-4-2-3-5-11(10)13/h2-6,8H,7H2,1H3. The molecule has 0 unspecified atom stereocenters. The fourth-order valence-electron chi connectivity index (χ4n) is 1.62. The van der Waals surface area contributed by atoms with E-state index in [-0.39, 0.29) is 0 Å². The van der Waals surface area contributed by atoms with Crippen molar-refractivity contribution in [2.75, 3.05) is 6.67 Å². The molecule has 2 aromatic rings. The third-order valence-electron chi connectivity index (χ3n) is 2.22. The fourth-order valence-corrected chi connectivity index (χ4v) is 1.62. The molecule has 0 amide bonds. The molecule has 0 aliphatic carbocycles. The third-order valence-corrected chi connectivity index (χ3v) is 2.22. The Balaban J connectivity index is 2.63. The van der Waals surface area contributed by atoms with E-state index in [1.165, 1.54) is 0 Å². The Kier molecular flexibility index (Phi) is 2.05. The van der Waals surface area contributed by atoms with Gasteiger partial charge in [0.05, 0.1) is 6.67 Å². The zero-order chi connectivity index (χ0) is 9.26. The maximum Gasteiger partial charge on any atom is 0.0970 e. The Bertz CT molecular complexity index is 417. The molecular weight excluding hydrogens is 165 g/mol. The molecule has 1 nitrogen and oxygen atoms in total. The molecule has 67 valence electrons. The van der Waals surface area contributed by atoms with Crippen molar-refractivity contribution >= 4 is 10.9 Å². The Labute approximate surface area is 76.8 Å². The number of rotatable bonds is 2. The Hall–Kier alpha value is -1.31. The number of aromatic nitrogens is 1. The molecular formula is C11H11FN. The first-order valence-electron chi connectivity index (χ1n) is 4.26. The van der Waals surface area contributed by atoms with Crippen molar-refractivity contribution in [2.45, 2.75) is 0 Å². The first kappa shape index (κ1) is 8.30. The number of nitrogens with zero attached hydrogens (tertiary/aromatic N) is 1. The molecule has 0 saturated heterocycles. The zero-order valence-electron chi connectivity index (χ0n) is 7.50. The van der Waals surface area contributed by atoms with Crippen LogP contribution < -0.4 is 0 Å². The van der Waals surface area contributed by atoms with Crippen molar-refractivity contribution in [1.82, 2.24) is 4.57 Å². The summed E-state index contributed by atoms with van der Waals surface area (Å²) in [6, 6.07) is 8.00. The normalized spacial score (nSPS) is 10.9. The van der Waals surface area contributed by atoms with Crippen molar-refractivity contribution in [3.63, 3.8) is 0 Å². The lowest BCUT2D eigenvalue weighted by molar-refractivity contribution is 0.544. The van der Waals surface area contributed by atoms with Crippen molar-refractivity contribution < 1.29 is 4.39 Å². The molecule has 1 aromatic carbocycles. The van der Waals surface area contributed by atoms with Gasteiger partial charge in [-0.15, -0.1) is 0 Å². The minimum atomic E-state index is -0.409. The van der Waals surface area contributed by atoms with E-state index in [9.17, 15) is 4.39 Å². The summed E-state index contributed by atoms with van der Waals surface area (Å²) in [4.78, 5) is 0. The molecule has 0 spiro atoms. The minimum Gasteiger partial charge on any atom is -0.350 e. The van der Waals surface area contributed by atoms with Crippen molar-refractivity contribution in [3.8, 4) is 0 Å². The highest BCUT2D eigenvalue weighted by Gasteiger charge is 2.04. The molecule has 0 N–H and O–H groups in total. The Morgan fingerprint density at radius 3 is 2.92 bits per heavy atom. The minimum absolute atomic E-state index is 0.409. The average Bonchev–Trinajstić information content (AvgIpc) is 2.46. The quantitative estimate of drug-likeness (QED) is 0.663. The molecule has 2 rings (SSSR count). The van der Waals surface area contributed by atoms with Crippen LogP contribution in [-0.2, 0) is 7.05 Å². The van der Waals surface area contributed by atoms with Crippen molar-refractivity contribution in [2.24, 2.45) is 7.05 Å². The maximum atomic E-state index is 12.2. The van der Waals surface area contributed by atoms with E-state index in [0.717, 1.165) is 16.5 Å². The highest BCUT2D eigenvalue weighted by Crippen LogP contribution is 2.21. The second-order valence-electron chi connectivity index (χ2n) is 3.07. The van der Waals surface area contributed by atoms with E-state index in [2.05, 4.69) is 0 Å². The van der Waals surface area contributed by atoms with Crippen LogP contribution in [0.3, 0.4) is 0 Å². The topological polar surface area (TPSA) is 4.93 Å². The second kappa shape index (κ2) is 3.21. The molecule has 0 bridgehead atoms. The van der Waals surface area contributed by atoms with Crippen molar-refractivity contribution in [1.29, 1.82) is 0 Å². The summed E-state index contributed by atoms with van der Waals surface area (Å²) in [5, 5.41) is 1.11. The van der Waals surface area contributed by atoms with Gasteiger partial charge < -0.3 is 4.57 Å². The van der Waals surface area contributed by atoms with Crippen LogP contribution in [0, 0.1) is 6.42 Å². The Morgan fingerprint density at radius 2 is 2.15 bits per heavy atom. The molecule has 1 heterocycles. The predicted molar refractivity (Wildman–Crippen MR) is 52.3 cm³/mol. The molecule has 0 fully saturated rings. The number of halogens is 1. The average molecular weight is 176 g/mol. The number of para-hydroxylation sites is 1. The molecule has 1 aromatic heterocycles. The maximum absolute atomic E-state index is 12.2. The van der Waals surface area contributed by atoms with Gasteiger partial charge in [0.15, 0.2) is 0 Å². The third kappa shape index (κ3) is 1.32. The summed E-state index contributed by atoms with van der Waals surface area (Å²) in [5.74, 6) is 0. The molecule has 0 saturated carbocycles. The monoisotopic (exact) mass is 176 g/mol. The molecule has 2 heteroatoms. The number of aryl methyl sites for hydroxylation is 1. The van der Waals surface area contributed by atoms with Crippen LogP contribution in [0.15, 0.2) is 30.5 Å². The molecule has 1 radical (unpaired) electrons. The highest BCUT2D eigenvalue weighted by atomic mass is 19.1. The zero-order valence-corrected chi connectivity index (χ0v) is 7.50. The Morgan fingerprint density at radius 1 is 1.38 bits per heavy atom. The number of alkyl halides is 1. The van der Waals surface area contributed by atoms with E-state index in [0.29, 0.717) is 0 Å². The van der Waals surface area contributed by atoms with Gasteiger partial charge >= 0.3 is 0 Å².